The molecule has 2 amide bonds. The van der Waals surface area contributed by atoms with Crippen molar-refractivity contribution in [1.29, 1.82) is 0 Å². The normalized spacial score (nSPS) is 15.7. The number of hydrogen-bond acceptors (Lipinski definition) is 3. The number of amides is 2. The first kappa shape index (κ1) is 22.1. The lowest BCUT2D eigenvalue weighted by atomic mass is 10.1. The number of piperidine rings is 1. The Balaban J connectivity index is 0.00000484. The molecule has 1 aliphatic rings. The molecule has 0 aromatic rings. The molecule has 1 rings (SSSR count). The van der Waals surface area contributed by atoms with E-state index in [0.717, 1.165) is 24.8 Å². The molecule has 0 atom stereocenters. The van der Waals surface area contributed by atoms with E-state index >= 15 is 0 Å². The number of likely N-dealkylation sites (tertiary alicyclic amines) is 1. The smallest absolute Gasteiger partial charge is 0.229 e. The third-order valence-electron chi connectivity index (χ3n) is 3.74. The van der Waals surface area contributed by atoms with Gasteiger partial charge in [0.1, 0.15) is 0 Å². The Morgan fingerprint density at radius 1 is 1.13 bits per heavy atom. The zero-order valence-electron chi connectivity index (χ0n) is 14.6. The van der Waals surface area contributed by atoms with Crippen molar-refractivity contribution in [1.82, 2.24) is 15.5 Å². The molecule has 0 bridgehead atoms. The molecule has 0 radical (unpaired) electrons. The fourth-order valence-electron chi connectivity index (χ4n) is 2.44. The van der Waals surface area contributed by atoms with Crippen molar-refractivity contribution in [3.8, 4) is 0 Å². The highest BCUT2D eigenvalue weighted by atomic mass is 127. The number of carbonyl (C=O) groups excluding carboxylic acids is 2. The number of aliphatic imine (C=N–C) groups is 1. The van der Waals surface area contributed by atoms with Crippen LogP contribution in [0.3, 0.4) is 0 Å². The molecule has 0 saturated carbocycles. The Labute approximate surface area is 156 Å². The lowest BCUT2D eigenvalue weighted by molar-refractivity contribution is -0.147. The monoisotopic (exact) mass is 438 g/mol. The Morgan fingerprint density at radius 2 is 1.74 bits per heavy atom. The average Bonchev–Trinajstić information content (AvgIpc) is 2.47. The Morgan fingerprint density at radius 3 is 2.30 bits per heavy atom. The van der Waals surface area contributed by atoms with E-state index in [-0.39, 0.29) is 35.8 Å². The predicted octanol–water partition coefficient (Wildman–Crippen LogP) is 2.13. The first-order valence-electron chi connectivity index (χ1n) is 8.32. The van der Waals surface area contributed by atoms with Crippen LogP contribution in [-0.4, -0.2) is 49.4 Å². The van der Waals surface area contributed by atoms with Crippen molar-refractivity contribution in [3.63, 3.8) is 0 Å². The summed E-state index contributed by atoms with van der Waals surface area (Å²) in [7, 11) is 1.72. The molecule has 2 N–H and O–H groups in total. The second-order valence-corrected chi connectivity index (χ2v) is 6.11. The van der Waals surface area contributed by atoms with Gasteiger partial charge in [-0.05, 0) is 18.8 Å². The molecule has 1 aliphatic heterocycles. The van der Waals surface area contributed by atoms with Gasteiger partial charge < -0.3 is 10.6 Å². The van der Waals surface area contributed by atoms with E-state index < -0.39 is 0 Å². The maximum atomic E-state index is 11.7. The van der Waals surface area contributed by atoms with E-state index in [9.17, 15) is 9.59 Å². The first-order chi connectivity index (χ1) is 10.5. The van der Waals surface area contributed by atoms with Crippen LogP contribution in [0.4, 0.5) is 0 Å². The second-order valence-electron chi connectivity index (χ2n) is 6.11. The third kappa shape index (κ3) is 9.12. The van der Waals surface area contributed by atoms with Crippen LogP contribution in [0.2, 0.25) is 0 Å². The molecule has 0 aromatic carbocycles. The van der Waals surface area contributed by atoms with Crippen molar-refractivity contribution in [2.24, 2.45) is 10.9 Å². The SMILES string of the molecule is CN=C(NCCCCC(C)C)NCCN1C(=O)CCCC1=O.I. The summed E-state index contributed by atoms with van der Waals surface area (Å²) in [4.78, 5) is 28.9. The second kappa shape index (κ2) is 12.5. The van der Waals surface area contributed by atoms with Crippen molar-refractivity contribution < 1.29 is 9.59 Å². The van der Waals surface area contributed by atoms with Crippen molar-refractivity contribution in [2.45, 2.75) is 52.4 Å². The van der Waals surface area contributed by atoms with Gasteiger partial charge in [0.15, 0.2) is 5.96 Å². The van der Waals surface area contributed by atoms with Crippen LogP contribution < -0.4 is 10.6 Å². The maximum Gasteiger partial charge on any atom is 0.229 e. The summed E-state index contributed by atoms with van der Waals surface area (Å²) in [5.74, 6) is 1.35. The zero-order chi connectivity index (χ0) is 16.4. The highest BCUT2D eigenvalue weighted by Gasteiger charge is 2.25. The van der Waals surface area contributed by atoms with Gasteiger partial charge in [0.2, 0.25) is 11.8 Å². The van der Waals surface area contributed by atoms with Gasteiger partial charge >= 0.3 is 0 Å². The van der Waals surface area contributed by atoms with Crippen molar-refractivity contribution in [3.05, 3.63) is 0 Å². The molecule has 0 aromatic heterocycles. The number of unbranched alkanes of at least 4 members (excludes halogenated alkanes) is 1. The van der Waals surface area contributed by atoms with E-state index in [1.807, 2.05) is 0 Å². The number of nitrogens with zero attached hydrogens (tertiary/aromatic N) is 2. The Kier molecular flexibility index (Phi) is 12.1. The molecule has 0 unspecified atom stereocenters. The quantitative estimate of drug-likeness (QED) is 0.200. The molecule has 1 heterocycles. The molecule has 0 aliphatic carbocycles. The number of hydrogen-bond donors (Lipinski definition) is 2. The van der Waals surface area contributed by atoms with Gasteiger partial charge in [0.05, 0.1) is 0 Å². The van der Waals surface area contributed by atoms with E-state index in [1.54, 1.807) is 7.05 Å². The van der Waals surface area contributed by atoms with Crippen LogP contribution in [0.1, 0.15) is 52.4 Å². The molecule has 0 spiro atoms. The van der Waals surface area contributed by atoms with E-state index in [2.05, 4.69) is 29.5 Å². The average molecular weight is 438 g/mol. The summed E-state index contributed by atoms with van der Waals surface area (Å²) in [6, 6.07) is 0. The van der Waals surface area contributed by atoms with Gasteiger partial charge in [-0.15, -0.1) is 24.0 Å². The minimum absolute atomic E-state index is 0. The van der Waals surface area contributed by atoms with Gasteiger partial charge in [-0.1, -0.05) is 26.7 Å². The first-order valence-corrected chi connectivity index (χ1v) is 8.32. The number of carbonyl (C=O) groups is 2. The molecule has 134 valence electrons. The summed E-state index contributed by atoms with van der Waals surface area (Å²) in [5, 5.41) is 6.40. The zero-order valence-corrected chi connectivity index (χ0v) is 16.9. The van der Waals surface area contributed by atoms with E-state index in [1.165, 1.54) is 17.7 Å². The maximum absolute atomic E-state index is 11.7. The summed E-state index contributed by atoms with van der Waals surface area (Å²) in [6.45, 7) is 6.29. The van der Waals surface area contributed by atoms with Gasteiger partial charge in [0.25, 0.3) is 0 Å². The summed E-state index contributed by atoms with van der Waals surface area (Å²) in [6.07, 6.45) is 5.21. The van der Waals surface area contributed by atoms with Crippen LogP contribution in [0.15, 0.2) is 4.99 Å². The van der Waals surface area contributed by atoms with Crippen molar-refractivity contribution >= 4 is 41.8 Å². The molecule has 23 heavy (non-hydrogen) atoms. The van der Waals surface area contributed by atoms with E-state index in [4.69, 9.17) is 0 Å². The fraction of sp³-hybridized carbons (Fsp3) is 0.812. The van der Waals surface area contributed by atoms with Crippen LogP contribution in [0, 0.1) is 5.92 Å². The van der Waals surface area contributed by atoms with Gasteiger partial charge in [-0.25, -0.2) is 0 Å². The largest absolute Gasteiger partial charge is 0.356 e. The minimum atomic E-state index is -0.0605. The number of guanidine groups is 1. The van der Waals surface area contributed by atoms with Crippen molar-refractivity contribution in [2.75, 3.05) is 26.7 Å². The van der Waals surface area contributed by atoms with Crippen LogP contribution in [-0.2, 0) is 9.59 Å². The van der Waals surface area contributed by atoms with Gasteiger partial charge in [-0.3, -0.25) is 19.5 Å². The van der Waals surface area contributed by atoms with Crippen LogP contribution in [0.5, 0.6) is 0 Å². The lowest BCUT2D eigenvalue weighted by Gasteiger charge is -2.25. The number of halogens is 1. The van der Waals surface area contributed by atoms with E-state index in [0.29, 0.717) is 32.4 Å². The molecular weight excluding hydrogens is 407 g/mol. The molecular formula is C16H31IN4O2. The Bertz CT molecular complexity index is 384. The lowest BCUT2D eigenvalue weighted by Crippen LogP contribution is -2.46. The molecule has 1 saturated heterocycles. The third-order valence-corrected chi connectivity index (χ3v) is 3.74. The number of nitrogens with one attached hydrogen (secondary N) is 2. The summed E-state index contributed by atoms with van der Waals surface area (Å²) >= 11 is 0. The highest BCUT2D eigenvalue weighted by molar-refractivity contribution is 14.0. The molecule has 7 heteroatoms. The number of rotatable bonds is 8. The highest BCUT2D eigenvalue weighted by Crippen LogP contribution is 2.11. The summed E-state index contributed by atoms with van der Waals surface area (Å²) in [5.41, 5.74) is 0. The number of imide groups is 1. The topological polar surface area (TPSA) is 73.8 Å². The van der Waals surface area contributed by atoms with Crippen LogP contribution >= 0.6 is 24.0 Å². The van der Waals surface area contributed by atoms with Gasteiger partial charge in [-0.2, -0.15) is 0 Å². The predicted molar refractivity (Wildman–Crippen MR) is 104 cm³/mol. The van der Waals surface area contributed by atoms with Crippen LogP contribution in [0.25, 0.3) is 0 Å². The standard InChI is InChI=1S/C16H30N4O2.HI/c1-13(2)7-4-5-10-18-16(17-3)19-11-12-20-14(21)8-6-9-15(20)22;/h13H,4-12H2,1-3H3,(H2,17,18,19);1H. The Hall–Kier alpha value is -0.860. The molecule has 1 fully saturated rings. The van der Waals surface area contributed by atoms with Gasteiger partial charge in [0, 0.05) is 39.5 Å². The minimum Gasteiger partial charge on any atom is -0.356 e. The molecule has 6 nitrogen and oxygen atoms in total. The summed E-state index contributed by atoms with van der Waals surface area (Å²) < 4.78 is 0. The fourth-order valence-corrected chi connectivity index (χ4v) is 2.44.